The smallest absolute Gasteiger partial charge is 0.0465 e. The third kappa shape index (κ3) is 6.98. The minimum Gasteiger partial charge on any atom is -0.385 e. The fourth-order valence-electron chi connectivity index (χ4n) is 1.98. The number of ether oxygens (including phenoxy) is 1. The molecule has 20 heavy (non-hydrogen) atoms. The van der Waals surface area contributed by atoms with Gasteiger partial charge in [0.15, 0.2) is 0 Å². The zero-order valence-corrected chi connectivity index (χ0v) is 14.3. The van der Waals surface area contributed by atoms with Crippen LogP contribution in [0.3, 0.4) is 0 Å². The van der Waals surface area contributed by atoms with Crippen molar-refractivity contribution in [3.63, 3.8) is 0 Å². The predicted molar refractivity (Wildman–Crippen MR) is 89.9 cm³/mol. The van der Waals surface area contributed by atoms with Gasteiger partial charge in [-0.1, -0.05) is 25.4 Å². The first-order valence-corrected chi connectivity index (χ1v) is 8.64. The number of hydrogen-bond donors (Lipinski definition) is 1. The third-order valence-corrected chi connectivity index (χ3v) is 4.75. The third-order valence-electron chi connectivity index (χ3n) is 3.36. The van der Waals surface area contributed by atoms with Gasteiger partial charge in [0.1, 0.15) is 0 Å². The Morgan fingerprint density at radius 1 is 1.30 bits per heavy atom. The highest BCUT2D eigenvalue weighted by atomic mass is 35.5. The average molecular weight is 316 g/mol. The van der Waals surface area contributed by atoms with Crippen molar-refractivity contribution in [1.82, 2.24) is 5.32 Å². The van der Waals surface area contributed by atoms with E-state index in [4.69, 9.17) is 16.3 Å². The molecule has 1 rings (SSSR count). The quantitative estimate of drug-likeness (QED) is 0.644. The molecular formula is C16H26ClNOS. The van der Waals surface area contributed by atoms with E-state index >= 15 is 0 Å². The maximum atomic E-state index is 5.92. The molecule has 0 bridgehead atoms. The van der Waals surface area contributed by atoms with E-state index in [-0.39, 0.29) is 0 Å². The largest absolute Gasteiger partial charge is 0.385 e. The summed E-state index contributed by atoms with van der Waals surface area (Å²) in [7, 11) is 1.77. The fraction of sp³-hybridized carbons (Fsp3) is 0.625. The summed E-state index contributed by atoms with van der Waals surface area (Å²) >= 11 is 7.80. The van der Waals surface area contributed by atoms with E-state index in [9.17, 15) is 0 Å². The minimum atomic E-state index is 0.519. The van der Waals surface area contributed by atoms with E-state index < -0.39 is 0 Å². The van der Waals surface area contributed by atoms with E-state index in [1.807, 2.05) is 23.9 Å². The van der Waals surface area contributed by atoms with Gasteiger partial charge in [0.05, 0.1) is 0 Å². The SMILES string of the molecule is CCCNC(CSc1ccc(Cl)cc1)C(C)CCOC. The van der Waals surface area contributed by atoms with Crippen molar-refractivity contribution in [3.05, 3.63) is 29.3 Å². The second-order valence-corrected chi connectivity index (χ2v) is 6.61. The highest BCUT2D eigenvalue weighted by Crippen LogP contribution is 2.23. The lowest BCUT2D eigenvalue weighted by atomic mass is 10.00. The Labute approximate surface area is 132 Å². The second-order valence-electron chi connectivity index (χ2n) is 5.08. The van der Waals surface area contributed by atoms with E-state index in [0.717, 1.165) is 30.3 Å². The van der Waals surface area contributed by atoms with Crippen molar-refractivity contribution < 1.29 is 4.74 Å². The van der Waals surface area contributed by atoms with Crippen LogP contribution in [0.4, 0.5) is 0 Å². The molecule has 2 unspecified atom stereocenters. The molecule has 0 aliphatic carbocycles. The Morgan fingerprint density at radius 2 is 2.00 bits per heavy atom. The molecule has 1 N–H and O–H groups in total. The lowest BCUT2D eigenvalue weighted by Gasteiger charge is -2.25. The van der Waals surface area contributed by atoms with Crippen LogP contribution < -0.4 is 5.32 Å². The Morgan fingerprint density at radius 3 is 2.60 bits per heavy atom. The number of benzene rings is 1. The molecule has 0 saturated heterocycles. The van der Waals surface area contributed by atoms with Crippen molar-refractivity contribution in [2.45, 2.75) is 37.6 Å². The van der Waals surface area contributed by atoms with Crippen LogP contribution in [0.5, 0.6) is 0 Å². The molecule has 2 nitrogen and oxygen atoms in total. The normalized spacial score (nSPS) is 14.2. The Bertz CT molecular complexity index is 358. The van der Waals surface area contributed by atoms with Gasteiger partial charge in [0, 0.05) is 35.4 Å². The lowest BCUT2D eigenvalue weighted by Crippen LogP contribution is -2.38. The Kier molecular flexibility index (Phi) is 9.36. The molecule has 1 aromatic rings. The highest BCUT2D eigenvalue weighted by molar-refractivity contribution is 7.99. The van der Waals surface area contributed by atoms with E-state index in [0.29, 0.717) is 12.0 Å². The van der Waals surface area contributed by atoms with Gasteiger partial charge < -0.3 is 10.1 Å². The summed E-state index contributed by atoms with van der Waals surface area (Å²) in [6, 6.07) is 8.60. The van der Waals surface area contributed by atoms with Crippen LogP contribution in [-0.2, 0) is 4.74 Å². The number of hydrogen-bond acceptors (Lipinski definition) is 3. The summed E-state index contributed by atoms with van der Waals surface area (Å²) in [6.07, 6.45) is 2.26. The van der Waals surface area contributed by atoms with Crippen molar-refractivity contribution in [3.8, 4) is 0 Å². The zero-order valence-electron chi connectivity index (χ0n) is 12.7. The molecule has 1 aromatic carbocycles. The number of halogens is 1. The molecule has 0 aromatic heterocycles. The summed E-state index contributed by atoms with van der Waals surface area (Å²) in [5.74, 6) is 1.69. The summed E-state index contributed by atoms with van der Waals surface area (Å²) in [6.45, 7) is 6.41. The van der Waals surface area contributed by atoms with Gasteiger partial charge in [-0.3, -0.25) is 0 Å². The molecule has 0 aliphatic heterocycles. The Hall–Kier alpha value is -0.220. The number of methoxy groups -OCH3 is 1. The highest BCUT2D eigenvalue weighted by Gasteiger charge is 2.16. The first kappa shape index (κ1) is 17.8. The van der Waals surface area contributed by atoms with Crippen LogP contribution in [0.25, 0.3) is 0 Å². The molecule has 0 amide bonds. The molecule has 0 saturated carbocycles. The van der Waals surface area contributed by atoms with Crippen LogP contribution >= 0.6 is 23.4 Å². The van der Waals surface area contributed by atoms with Crippen LogP contribution in [-0.4, -0.2) is 32.1 Å². The summed E-state index contributed by atoms with van der Waals surface area (Å²) in [5, 5.41) is 4.45. The van der Waals surface area contributed by atoms with Crippen molar-refractivity contribution in [1.29, 1.82) is 0 Å². The van der Waals surface area contributed by atoms with E-state index in [1.165, 1.54) is 11.3 Å². The van der Waals surface area contributed by atoms with Crippen LogP contribution in [0, 0.1) is 5.92 Å². The van der Waals surface area contributed by atoms with Crippen LogP contribution in [0.15, 0.2) is 29.2 Å². The minimum absolute atomic E-state index is 0.519. The van der Waals surface area contributed by atoms with Gasteiger partial charge in [-0.2, -0.15) is 0 Å². The standard InChI is InChI=1S/C16H26ClNOS/c1-4-10-18-16(13(2)9-11-19-3)12-20-15-7-5-14(17)6-8-15/h5-8,13,16,18H,4,9-12H2,1-3H3. The summed E-state index contributed by atoms with van der Waals surface area (Å²) in [5.41, 5.74) is 0. The molecule has 0 radical (unpaired) electrons. The molecule has 2 atom stereocenters. The van der Waals surface area contributed by atoms with Crippen molar-refractivity contribution in [2.75, 3.05) is 26.0 Å². The molecule has 0 aliphatic rings. The van der Waals surface area contributed by atoms with Crippen LogP contribution in [0.1, 0.15) is 26.7 Å². The van der Waals surface area contributed by atoms with Crippen LogP contribution in [0.2, 0.25) is 5.02 Å². The van der Waals surface area contributed by atoms with E-state index in [1.54, 1.807) is 7.11 Å². The molecular weight excluding hydrogens is 290 g/mol. The van der Waals surface area contributed by atoms with Gasteiger partial charge in [0.2, 0.25) is 0 Å². The maximum absolute atomic E-state index is 5.92. The van der Waals surface area contributed by atoms with Gasteiger partial charge in [0.25, 0.3) is 0 Å². The van der Waals surface area contributed by atoms with Crippen molar-refractivity contribution in [2.24, 2.45) is 5.92 Å². The average Bonchev–Trinajstić information content (AvgIpc) is 2.46. The summed E-state index contributed by atoms with van der Waals surface area (Å²) in [4.78, 5) is 1.27. The van der Waals surface area contributed by atoms with Crippen molar-refractivity contribution >= 4 is 23.4 Å². The van der Waals surface area contributed by atoms with Gasteiger partial charge in [-0.05, 0) is 49.6 Å². The zero-order chi connectivity index (χ0) is 14.8. The second kappa shape index (κ2) is 10.5. The van der Waals surface area contributed by atoms with Gasteiger partial charge in [-0.25, -0.2) is 0 Å². The molecule has 0 spiro atoms. The first-order chi connectivity index (χ1) is 9.67. The molecule has 4 heteroatoms. The van der Waals surface area contributed by atoms with Gasteiger partial charge >= 0.3 is 0 Å². The molecule has 0 heterocycles. The number of nitrogens with one attached hydrogen (secondary N) is 1. The maximum Gasteiger partial charge on any atom is 0.0465 e. The topological polar surface area (TPSA) is 21.3 Å². The summed E-state index contributed by atoms with van der Waals surface area (Å²) < 4.78 is 5.19. The number of rotatable bonds is 10. The predicted octanol–water partition coefficient (Wildman–Crippen LogP) is 4.47. The fourth-order valence-corrected chi connectivity index (χ4v) is 3.25. The molecule has 0 fully saturated rings. The van der Waals surface area contributed by atoms with Gasteiger partial charge in [-0.15, -0.1) is 11.8 Å². The lowest BCUT2D eigenvalue weighted by molar-refractivity contribution is 0.172. The number of thioether (sulfide) groups is 1. The molecule has 114 valence electrons. The monoisotopic (exact) mass is 315 g/mol. The first-order valence-electron chi connectivity index (χ1n) is 7.28. The van der Waals surface area contributed by atoms with E-state index in [2.05, 4.69) is 31.3 Å². The Balaban J connectivity index is 2.48.